The molecule has 0 amide bonds. The summed E-state index contributed by atoms with van der Waals surface area (Å²) in [5.74, 6) is -0.847. The number of benzene rings is 1. The predicted octanol–water partition coefficient (Wildman–Crippen LogP) is 2.60. The van der Waals surface area contributed by atoms with E-state index < -0.39 is 19.8 Å². The molecule has 1 heterocycles. The highest BCUT2D eigenvalue weighted by Crippen LogP contribution is 2.28. The van der Waals surface area contributed by atoms with Gasteiger partial charge in [0, 0.05) is 22.4 Å². The lowest BCUT2D eigenvalue weighted by atomic mass is 10.2. The molecule has 0 spiro atoms. The van der Waals surface area contributed by atoms with Crippen molar-refractivity contribution in [1.29, 1.82) is 5.26 Å². The van der Waals surface area contributed by atoms with Gasteiger partial charge in [-0.05, 0) is 24.3 Å². The zero-order chi connectivity index (χ0) is 15.5. The lowest BCUT2D eigenvalue weighted by Crippen LogP contribution is -2.03. The summed E-state index contributed by atoms with van der Waals surface area (Å²) in [4.78, 5) is 3.38. The van der Waals surface area contributed by atoms with Gasteiger partial charge in [-0.3, -0.25) is 0 Å². The fourth-order valence-corrected chi connectivity index (χ4v) is 2.59. The highest BCUT2D eigenvalue weighted by Gasteiger charge is 2.18. The minimum absolute atomic E-state index is 0.0955. The van der Waals surface area contributed by atoms with Crippen LogP contribution in [-0.2, 0) is 15.7 Å². The Hall–Kier alpha value is -2.17. The van der Waals surface area contributed by atoms with Crippen LogP contribution in [0.15, 0.2) is 41.4 Å². The molecule has 1 aromatic heterocycles. The van der Waals surface area contributed by atoms with Crippen molar-refractivity contribution in [2.75, 3.05) is 0 Å². The van der Waals surface area contributed by atoms with Gasteiger partial charge < -0.3 is 4.74 Å². The first kappa shape index (κ1) is 15.2. The molecule has 0 atom stereocenters. The summed E-state index contributed by atoms with van der Waals surface area (Å²) in [5.41, 5.74) is 0.636. The van der Waals surface area contributed by atoms with Gasteiger partial charge in [0.15, 0.2) is 0 Å². The van der Waals surface area contributed by atoms with Crippen molar-refractivity contribution in [3.05, 3.63) is 53.6 Å². The molecular formula is C13H8ClFN2O3S. The van der Waals surface area contributed by atoms with Gasteiger partial charge in [0.05, 0.1) is 0 Å². The molecule has 8 heteroatoms. The average molecular weight is 327 g/mol. The summed E-state index contributed by atoms with van der Waals surface area (Å²) in [6, 6.07) is 8.10. The van der Waals surface area contributed by atoms with Crippen LogP contribution in [-0.4, -0.2) is 13.4 Å². The third-order valence-electron chi connectivity index (χ3n) is 2.55. The van der Waals surface area contributed by atoms with Crippen molar-refractivity contribution in [2.45, 2.75) is 11.5 Å². The van der Waals surface area contributed by atoms with Crippen molar-refractivity contribution in [1.82, 2.24) is 4.98 Å². The number of aromatic nitrogens is 1. The first-order chi connectivity index (χ1) is 9.91. The molecule has 0 saturated heterocycles. The highest BCUT2D eigenvalue weighted by atomic mass is 35.7. The van der Waals surface area contributed by atoms with E-state index in [9.17, 15) is 12.8 Å². The molecule has 0 aliphatic heterocycles. The standard InChI is InChI=1S/C13H8ClFN2O3S/c14-21(18,19)13-6-10(15)3-4-12(13)20-8-9-2-1-5-17-11(9)7-16/h1-6H,8H2. The fourth-order valence-electron chi connectivity index (χ4n) is 1.60. The van der Waals surface area contributed by atoms with E-state index in [4.69, 9.17) is 20.7 Å². The Morgan fingerprint density at radius 3 is 2.81 bits per heavy atom. The van der Waals surface area contributed by atoms with E-state index in [-0.39, 0.29) is 18.1 Å². The van der Waals surface area contributed by atoms with Crippen LogP contribution in [0.4, 0.5) is 4.39 Å². The number of hydrogen-bond acceptors (Lipinski definition) is 5. The second-order valence-electron chi connectivity index (χ2n) is 3.94. The largest absolute Gasteiger partial charge is 0.487 e. The second-order valence-corrected chi connectivity index (χ2v) is 6.47. The lowest BCUT2D eigenvalue weighted by Gasteiger charge is -2.10. The Labute approximate surface area is 125 Å². The van der Waals surface area contributed by atoms with E-state index in [0.717, 1.165) is 18.2 Å². The molecule has 5 nitrogen and oxygen atoms in total. The smallest absolute Gasteiger partial charge is 0.265 e. The number of hydrogen-bond donors (Lipinski definition) is 0. The van der Waals surface area contributed by atoms with Crippen molar-refractivity contribution >= 4 is 19.7 Å². The zero-order valence-corrected chi connectivity index (χ0v) is 12.0. The molecule has 21 heavy (non-hydrogen) atoms. The molecule has 0 aliphatic carbocycles. The number of pyridine rings is 1. The van der Waals surface area contributed by atoms with Crippen LogP contribution >= 0.6 is 10.7 Å². The summed E-state index contributed by atoms with van der Waals surface area (Å²) in [6.45, 7) is -0.0955. The molecule has 0 radical (unpaired) electrons. The van der Waals surface area contributed by atoms with E-state index in [1.807, 2.05) is 6.07 Å². The third-order valence-corrected chi connectivity index (χ3v) is 3.89. The van der Waals surface area contributed by atoms with Crippen LogP contribution in [0.3, 0.4) is 0 Å². The van der Waals surface area contributed by atoms with Crippen LogP contribution < -0.4 is 4.74 Å². The quantitative estimate of drug-likeness (QED) is 0.807. The SMILES string of the molecule is N#Cc1ncccc1COc1ccc(F)cc1S(=O)(=O)Cl. The number of ether oxygens (including phenoxy) is 1. The predicted molar refractivity (Wildman–Crippen MR) is 72.7 cm³/mol. The Balaban J connectivity index is 2.31. The van der Waals surface area contributed by atoms with E-state index >= 15 is 0 Å². The Morgan fingerprint density at radius 2 is 2.14 bits per heavy atom. The normalized spacial score (nSPS) is 10.9. The minimum Gasteiger partial charge on any atom is -0.487 e. The van der Waals surface area contributed by atoms with Crippen LogP contribution in [0.2, 0.25) is 0 Å². The Bertz CT molecular complexity index is 818. The number of nitriles is 1. The first-order valence-corrected chi connectivity index (χ1v) is 7.94. The Morgan fingerprint density at radius 1 is 1.38 bits per heavy atom. The van der Waals surface area contributed by atoms with E-state index in [1.54, 1.807) is 12.1 Å². The molecule has 0 unspecified atom stereocenters. The topological polar surface area (TPSA) is 80.0 Å². The molecule has 2 aromatic rings. The van der Waals surface area contributed by atoms with Gasteiger partial charge >= 0.3 is 0 Å². The molecule has 2 rings (SSSR count). The number of halogens is 2. The van der Waals surface area contributed by atoms with Crippen molar-refractivity contribution in [3.63, 3.8) is 0 Å². The minimum atomic E-state index is -4.15. The van der Waals surface area contributed by atoms with E-state index in [0.29, 0.717) is 5.56 Å². The average Bonchev–Trinajstić information content (AvgIpc) is 2.45. The van der Waals surface area contributed by atoms with Crippen LogP contribution in [0, 0.1) is 17.1 Å². The summed E-state index contributed by atoms with van der Waals surface area (Å²) in [7, 11) is 1.09. The van der Waals surface area contributed by atoms with Crippen LogP contribution in [0.5, 0.6) is 5.75 Å². The summed E-state index contributed by atoms with van der Waals surface area (Å²) in [5, 5.41) is 8.90. The summed E-state index contributed by atoms with van der Waals surface area (Å²) in [6.07, 6.45) is 1.45. The lowest BCUT2D eigenvalue weighted by molar-refractivity contribution is 0.296. The van der Waals surface area contributed by atoms with E-state index in [2.05, 4.69) is 4.98 Å². The molecule has 0 bridgehead atoms. The first-order valence-electron chi connectivity index (χ1n) is 5.63. The molecule has 0 N–H and O–H groups in total. The van der Waals surface area contributed by atoms with Gasteiger partial charge in [0.1, 0.15) is 34.8 Å². The van der Waals surface area contributed by atoms with Crippen molar-refractivity contribution in [3.8, 4) is 11.8 Å². The van der Waals surface area contributed by atoms with Gasteiger partial charge in [-0.2, -0.15) is 5.26 Å². The number of rotatable bonds is 4. The summed E-state index contributed by atoms with van der Waals surface area (Å²) < 4.78 is 41.2. The Kier molecular flexibility index (Phi) is 4.40. The maximum atomic E-state index is 13.1. The van der Waals surface area contributed by atoms with E-state index in [1.165, 1.54) is 6.20 Å². The number of nitrogens with zero attached hydrogens (tertiary/aromatic N) is 2. The maximum Gasteiger partial charge on any atom is 0.265 e. The molecular weight excluding hydrogens is 319 g/mol. The van der Waals surface area contributed by atoms with Crippen molar-refractivity contribution in [2.24, 2.45) is 0 Å². The second kappa shape index (κ2) is 6.08. The highest BCUT2D eigenvalue weighted by molar-refractivity contribution is 8.13. The molecule has 0 saturated carbocycles. The maximum absolute atomic E-state index is 13.1. The molecule has 1 aromatic carbocycles. The van der Waals surface area contributed by atoms with Gasteiger partial charge in [-0.1, -0.05) is 6.07 Å². The van der Waals surface area contributed by atoms with Gasteiger partial charge in [0.25, 0.3) is 9.05 Å². The zero-order valence-electron chi connectivity index (χ0n) is 10.5. The molecule has 0 aliphatic rings. The van der Waals surface area contributed by atoms with Crippen molar-refractivity contribution < 1.29 is 17.5 Å². The van der Waals surface area contributed by atoms with Crippen LogP contribution in [0.1, 0.15) is 11.3 Å². The van der Waals surface area contributed by atoms with Crippen LogP contribution in [0.25, 0.3) is 0 Å². The third kappa shape index (κ3) is 3.68. The molecule has 0 fully saturated rings. The van der Waals surface area contributed by atoms with Gasteiger partial charge in [-0.15, -0.1) is 0 Å². The summed E-state index contributed by atoms with van der Waals surface area (Å²) >= 11 is 0. The van der Waals surface area contributed by atoms with Gasteiger partial charge in [-0.25, -0.2) is 17.8 Å². The van der Waals surface area contributed by atoms with Gasteiger partial charge in [0.2, 0.25) is 0 Å². The fraction of sp³-hybridized carbons (Fsp3) is 0.0769. The molecule has 108 valence electrons. The monoisotopic (exact) mass is 326 g/mol.